The zero-order valence-corrected chi connectivity index (χ0v) is 12.2. The number of nitrogens with two attached hydrogens (primary N) is 1. The smallest absolute Gasteiger partial charge is 0.320 e. The quantitative estimate of drug-likeness (QED) is 0.718. The Morgan fingerprint density at radius 1 is 0.957 bits per heavy atom. The summed E-state index contributed by atoms with van der Waals surface area (Å²) < 4.78 is 16.6. The van der Waals surface area contributed by atoms with E-state index in [0.717, 1.165) is 11.4 Å². The van der Waals surface area contributed by atoms with Crippen LogP contribution in [-0.4, -0.2) is 23.4 Å². The van der Waals surface area contributed by atoms with Gasteiger partial charge in [0.1, 0.15) is 13.2 Å². The molecule has 0 atom stereocenters. The molecule has 1 aliphatic rings. The average Bonchev–Trinajstić information content (AvgIpc) is 3.03. The largest absolute Gasteiger partial charge is 0.486 e. The van der Waals surface area contributed by atoms with Gasteiger partial charge in [-0.2, -0.15) is 0 Å². The van der Waals surface area contributed by atoms with Crippen LogP contribution in [0.2, 0.25) is 0 Å². The third-order valence-electron chi connectivity index (χ3n) is 3.41. The number of hydrogen-bond donors (Lipinski definition) is 2. The van der Waals surface area contributed by atoms with E-state index in [9.17, 15) is 0 Å². The van der Waals surface area contributed by atoms with Gasteiger partial charge in [0.05, 0.1) is 5.56 Å². The minimum Gasteiger partial charge on any atom is -0.486 e. The van der Waals surface area contributed by atoms with Crippen molar-refractivity contribution in [1.82, 2.24) is 10.2 Å². The number of benzene rings is 2. The fourth-order valence-electron chi connectivity index (χ4n) is 2.32. The molecule has 3 aromatic rings. The lowest BCUT2D eigenvalue weighted by atomic mass is 10.2. The van der Waals surface area contributed by atoms with E-state index < -0.39 is 0 Å². The van der Waals surface area contributed by atoms with Crippen molar-refractivity contribution in [2.24, 2.45) is 0 Å². The second kappa shape index (κ2) is 5.53. The summed E-state index contributed by atoms with van der Waals surface area (Å²) in [5, 5.41) is 11.0. The minimum absolute atomic E-state index is 0.278. The summed E-state index contributed by atoms with van der Waals surface area (Å²) >= 11 is 0. The number of nitrogens with one attached hydrogen (secondary N) is 1. The Hall–Kier alpha value is -3.22. The Morgan fingerprint density at radius 3 is 2.65 bits per heavy atom. The monoisotopic (exact) mass is 310 g/mol. The Bertz CT molecular complexity index is 847. The standard InChI is InChI=1S/C16H14N4O3/c17-12-4-2-1-3-11(12)15-19-20-16(23-15)18-10-5-6-13-14(9-10)22-8-7-21-13/h1-6,9H,7-8,17H2,(H,18,20). The summed E-state index contributed by atoms with van der Waals surface area (Å²) in [5.74, 6) is 1.78. The van der Waals surface area contributed by atoms with Crippen molar-refractivity contribution in [2.45, 2.75) is 0 Å². The normalized spacial score (nSPS) is 12.9. The zero-order chi connectivity index (χ0) is 15.6. The fraction of sp³-hybridized carbons (Fsp3) is 0.125. The molecule has 0 amide bonds. The maximum Gasteiger partial charge on any atom is 0.320 e. The van der Waals surface area contributed by atoms with Gasteiger partial charge in [0, 0.05) is 17.4 Å². The Kier molecular flexibility index (Phi) is 3.23. The Labute approximate surface area is 132 Å². The van der Waals surface area contributed by atoms with E-state index in [2.05, 4.69) is 15.5 Å². The molecule has 0 fully saturated rings. The van der Waals surface area contributed by atoms with Crippen LogP contribution in [0.15, 0.2) is 46.9 Å². The lowest BCUT2D eigenvalue weighted by Crippen LogP contribution is -2.15. The topological polar surface area (TPSA) is 95.4 Å². The van der Waals surface area contributed by atoms with Gasteiger partial charge in [-0.25, -0.2) is 0 Å². The van der Waals surface area contributed by atoms with Crippen molar-refractivity contribution < 1.29 is 13.9 Å². The first-order chi connectivity index (χ1) is 11.3. The summed E-state index contributed by atoms with van der Waals surface area (Å²) in [6.07, 6.45) is 0. The van der Waals surface area contributed by atoms with Crippen molar-refractivity contribution in [2.75, 3.05) is 24.3 Å². The van der Waals surface area contributed by atoms with Crippen molar-refractivity contribution >= 4 is 17.4 Å². The number of anilines is 3. The highest BCUT2D eigenvalue weighted by atomic mass is 16.6. The van der Waals surface area contributed by atoms with Crippen LogP contribution in [0.4, 0.5) is 17.4 Å². The van der Waals surface area contributed by atoms with E-state index in [1.807, 2.05) is 36.4 Å². The first kappa shape index (κ1) is 13.4. The Balaban J connectivity index is 1.57. The van der Waals surface area contributed by atoms with E-state index >= 15 is 0 Å². The molecule has 0 unspecified atom stereocenters. The molecule has 116 valence electrons. The number of nitrogen functional groups attached to an aromatic ring is 1. The molecule has 0 bridgehead atoms. The van der Waals surface area contributed by atoms with Crippen LogP contribution < -0.4 is 20.5 Å². The first-order valence-corrected chi connectivity index (χ1v) is 7.15. The highest BCUT2D eigenvalue weighted by Gasteiger charge is 2.14. The maximum atomic E-state index is 5.91. The molecule has 0 aliphatic carbocycles. The van der Waals surface area contributed by atoms with Crippen LogP contribution >= 0.6 is 0 Å². The SMILES string of the molecule is Nc1ccccc1-c1nnc(Nc2ccc3c(c2)OCCO3)o1. The fourth-order valence-corrected chi connectivity index (χ4v) is 2.32. The number of nitrogens with zero attached hydrogens (tertiary/aromatic N) is 2. The number of para-hydroxylation sites is 1. The molecule has 23 heavy (non-hydrogen) atoms. The molecule has 0 radical (unpaired) electrons. The second-order valence-electron chi connectivity index (χ2n) is 4.98. The van der Waals surface area contributed by atoms with Crippen molar-refractivity contribution in [3.05, 3.63) is 42.5 Å². The van der Waals surface area contributed by atoms with E-state index in [1.54, 1.807) is 6.07 Å². The van der Waals surface area contributed by atoms with Crippen molar-refractivity contribution in [3.63, 3.8) is 0 Å². The second-order valence-corrected chi connectivity index (χ2v) is 4.98. The number of hydrogen-bond acceptors (Lipinski definition) is 7. The third kappa shape index (κ3) is 2.64. The van der Waals surface area contributed by atoms with Gasteiger partial charge in [-0.05, 0) is 24.3 Å². The lowest BCUT2D eigenvalue weighted by molar-refractivity contribution is 0.171. The van der Waals surface area contributed by atoms with Crippen LogP contribution in [0.3, 0.4) is 0 Å². The van der Waals surface area contributed by atoms with Crippen LogP contribution in [0.25, 0.3) is 11.5 Å². The molecular formula is C16H14N4O3. The van der Waals surface area contributed by atoms with Crippen LogP contribution in [0.1, 0.15) is 0 Å². The molecule has 0 spiro atoms. The van der Waals surface area contributed by atoms with Gasteiger partial charge < -0.3 is 24.9 Å². The average molecular weight is 310 g/mol. The van der Waals surface area contributed by atoms with Gasteiger partial charge in [-0.15, -0.1) is 5.10 Å². The van der Waals surface area contributed by atoms with Gasteiger partial charge in [-0.3, -0.25) is 0 Å². The summed E-state index contributed by atoms with van der Waals surface area (Å²) in [6.45, 7) is 1.10. The summed E-state index contributed by atoms with van der Waals surface area (Å²) in [7, 11) is 0. The molecule has 7 nitrogen and oxygen atoms in total. The van der Waals surface area contributed by atoms with Gasteiger partial charge in [0.25, 0.3) is 5.89 Å². The number of aromatic nitrogens is 2. The van der Waals surface area contributed by atoms with Crippen LogP contribution in [-0.2, 0) is 0 Å². The minimum atomic E-state index is 0.278. The molecule has 1 aliphatic heterocycles. The van der Waals surface area contributed by atoms with E-state index in [0.29, 0.717) is 36.1 Å². The third-order valence-corrected chi connectivity index (χ3v) is 3.41. The molecule has 2 heterocycles. The predicted octanol–water partition coefficient (Wildman–Crippen LogP) is 2.83. The van der Waals surface area contributed by atoms with Gasteiger partial charge >= 0.3 is 6.01 Å². The highest BCUT2D eigenvalue weighted by molar-refractivity contribution is 5.70. The van der Waals surface area contributed by atoms with Crippen molar-refractivity contribution in [3.8, 4) is 23.0 Å². The maximum absolute atomic E-state index is 5.91. The molecule has 7 heteroatoms. The predicted molar refractivity (Wildman–Crippen MR) is 84.9 cm³/mol. The lowest BCUT2D eigenvalue weighted by Gasteiger charge is -2.18. The number of ether oxygens (including phenoxy) is 2. The van der Waals surface area contributed by atoms with Crippen molar-refractivity contribution in [1.29, 1.82) is 0 Å². The van der Waals surface area contributed by atoms with E-state index in [1.165, 1.54) is 0 Å². The van der Waals surface area contributed by atoms with E-state index in [4.69, 9.17) is 19.6 Å². The molecule has 0 saturated carbocycles. The van der Waals surface area contributed by atoms with E-state index in [-0.39, 0.29) is 6.01 Å². The van der Waals surface area contributed by atoms with Gasteiger partial charge in [-0.1, -0.05) is 17.2 Å². The molecule has 2 aromatic carbocycles. The Morgan fingerprint density at radius 2 is 1.78 bits per heavy atom. The molecule has 0 saturated heterocycles. The molecular weight excluding hydrogens is 296 g/mol. The summed E-state index contributed by atoms with van der Waals surface area (Å²) in [6, 6.07) is 13.1. The molecule has 3 N–H and O–H groups in total. The molecule has 1 aromatic heterocycles. The number of rotatable bonds is 3. The molecule has 4 rings (SSSR count). The van der Waals surface area contributed by atoms with Crippen LogP contribution in [0.5, 0.6) is 11.5 Å². The summed E-state index contributed by atoms with van der Waals surface area (Å²) in [5.41, 5.74) is 7.97. The highest BCUT2D eigenvalue weighted by Crippen LogP contribution is 2.34. The zero-order valence-electron chi connectivity index (χ0n) is 12.2. The van der Waals surface area contributed by atoms with Crippen LogP contribution in [0, 0.1) is 0 Å². The summed E-state index contributed by atoms with van der Waals surface area (Å²) in [4.78, 5) is 0. The first-order valence-electron chi connectivity index (χ1n) is 7.15. The van der Waals surface area contributed by atoms with Gasteiger partial charge in [0.2, 0.25) is 0 Å². The van der Waals surface area contributed by atoms with Gasteiger partial charge in [0.15, 0.2) is 11.5 Å². The number of fused-ring (bicyclic) bond motifs is 1.